The van der Waals surface area contributed by atoms with Crippen molar-refractivity contribution < 1.29 is 27.4 Å². The number of nitrogens with one attached hydrogen (secondary N) is 2. The van der Waals surface area contributed by atoms with Crippen molar-refractivity contribution >= 4 is 34.2 Å². The molecule has 6 aromatic rings. The van der Waals surface area contributed by atoms with Crippen molar-refractivity contribution in [2.45, 2.75) is 38.3 Å². The zero-order chi connectivity index (χ0) is 38.4. The fourth-order valence-corrected chi connectivity index (χ4v) is 7.01. The van der Waals surface area contributed by atoms with Gasteiger partial charge in [0.15, 0.2) is 5.69 Å². The molecule has 0 spiro atoms. The Labute approximate surface area is 330 Å². The Morgan fingerprint density at radius 2 is 1.56 bits per heavy atom. The number of ether oxygens (including phenoxy) is 2. The van der Waals surface area contributed by atoms with E-state index in [1.54, 1.807) is 18.2 Å². The number of nitrogens with zero attached hydrogens (tertiary/aromatic N) is 3. The lowest BCUT2D eigenvalue weighted by Crippen LogP contribution is -2.25. The van der Waals surface area contributed by atoms with Gasteiger partial charge in [-0.2, -0.15) is 23.5 Å². The van der Waals surface area contributed by atoms with E-state index >= 15 is 0 Å². The summed E-state index contributed by atoms with van der Waals surface area (Å²) in [5, 5.41) is 19.8. The Balaban J connectivity index is 1.23. The highest BCUT2D eigenvalue weighted by atomic mass is 127. The number of alkyl halides is 3. The van der Waals surface area contributed by atoms with Gasteiger partial charge in [0.05, 0.1) is 26.9 Å². The first kappa shape index (κ1) is 37.7. The van der Waals surface area contributed by atoms with Gasteiger partial charge in [-0.3, -0.25) is 4.79 Å². The Morgan fingerprint density at radius 1 is 0.873 bits per heavy atom. The van der Waals surface area contributed by atoms with Crippen LogP contribution < -0.4 is 20.1 Å². The summed E-state index contributed by atoms with van der Waals surface area (Å²) in [5.41, 5.74) is 2.87. The molecular weight excluding hydrogens is 818 g/mol. The lowest BCUT2D eigenvalue weighted by Gasteiger charge is -2.24. The van der Waals surface area contributed by atoms with Crippen LogP contribution in [0.1, 0.15) is 62.9 Å². The van der Waals surface area contributed by atoms with Crippen LogP contribution in [0.25, 0.3) is 5.69 Å². The quantitative estimate of drug-likeness (QED) is 0.106. The van der Waals surface area contributed by atoms with Crippen molar-refractivity contribution in [2.75, 3.05) is 11.9 Å². The number of aromatic nitrogens is 2. The number of halogens is 4. The Morgan fingerprint density at radius 3 is 2.24 bits per heavy atom. The van der Waals surface area contributed by atoms with Gasteiger partial charge in [0.25, 0.3) is 5.91 Å². The van der Waals surface area contributed by atoms with Gasteiger partial charge in [-0.25, -0.2) is 4.68 Å². The van der Waals surface area contributed by atoms with Gasteiger partial charge >= 0.3 is 6.18 Å². The van der Waals surface area contributed by atoms with Gasteiger partial charge < -0.3 is 20.1 Å². The smallest absolute Gasteiger partial charge is 0.436 e. The van der Waals surface area contributed by atoms with Crippen molar-refractivity contribution in [3.63, 3.8) is 0 Å². The molecule has 0 aliphatic heterocycles. The van der Waals surface area contributed by atoms with Crippen LogP contribution >= 0.6 is 22.6 Å². The monoisotopic (exact) mass is 853 g/mol. The van der Waals surface area contributed by atoms with Crippen molar-refractivity contribution in [1.82, 2.24) is 15.1 Å². The maximum absolute atomic E-state index is 14.1. The second-order valence-corrected chi connectivity index (χ2v) is 14.3. The maximum atomic E-state index is 14.1. The predicted octanol–water partition coefficient (Wildman–Crippen LogP) is 9.87. The average Bonchev–Trinajstić information content (AvgIpc) is 3.96. The Kier molecular flexibility index (Phi) is 11.5. The molecule has 1 aliphatic carbocycles. The summed E-state index contributed by atoms with van der Waals surface area (Å²) in [6, 6.07) is 40.2. The van der Waals surface area contributed by atoms with E-state index in [0.29, 0.717) is 36.3 Å². The normalized spacial score (nSPS) is 13.1. The molecular formula is C43H35F3IN5O3. The number of hydrogen-bond donors (Lipinski definition) is 2. The van der Waals surface area contributed by atoms with Crippen molar-refractivity contribution in [3.8, 4) is 23.3 Å². The highest BCUT2D eigenvalue weighted by molar-refractivity contribution is 14.1. The first-order chi connectivity index (χ1) is 26.7. The molecule has 8 nitrogen and oxygen atoms in total. The van der Waals surface area contributed by atoms with E-state index in [2.05, 4.69) is 15.7 Å². The van der Waals surface area contributed by atoms with Gasteiger partial charge in [-0.15, -0.1) is 0 Å². The van der Waals surface area contributed by atoms with Crippen LogP contribution in [0.3, 0.4) is 0 Å². The number of anilines is 1. The first-order valence-electron chi connectivity index (χ1n) is 17.6. The minimum Gasteiger partial charge on any atom is -0.489 e. The van der Waals surface area contributed by atoms with Crippen LogP contribution in [0.15, 0.2) is 127 Å². The van der Waals surface area contributed by atoms with Crippen LogP contribution in [0, 0.1) is 20.8 Å². The van der Waals surface area contributed by atoms with E-state index < -0.39 is 23.8 Å². The average molecular weight is 854 g/mol. The molecule has 278 valence electrons. The summed E-state index contributed by atoms with van der Waals surface area (Å²) in [4.78, 5) is 13.9. The summed E-state index contributed by atoms with van der Waals surface area (Å²) >= 11 is 1.50. The Bertz CT molecular complexity index is 2320. The summed E-state index contributed by atoms with van der Waals surface area (Å²) in [7, 11) is 0. The first-order valence-corrected chi connectivity index (χ1v) is 18.7. The van der Waals surface area contributed by atoms with Gasteiger partial charge in [-0.05, 0) is 113 Å². The fourth-order valence-electron chi connectivity index (χ4n) is 6.12. The molecule has 1 saturated carbocycles. The highest BCUT2D eigenvalue weighted by Crippen LogP contribution is 2.38. The number of benzene rings is 5. The maximum Gasteiger partial charge on any atom is 0.436 e. The van der Waals surface area contributed by atoms with E-state index in [1.165, 1.54) is 46.9 Å². The zero-order valence-corrected chi connectivity index (χ0v) is 31.6. The van der Waals surface area contributed by atoms with E-state index in [0.717, 1.165) is 46.3 Å². The summed E-state index contributed by atoms with van der Waals surface area (Å²) < 4.78 is 55.5. The van der Waals surface area contributed by atoms with Gasteiger partial charge in [0.1, 0.15) is 30.4 Å². The second-order valence-electron chi connectivity index (χ2n) is 13.2. The molecule has 7 rings (SSSR count). The number of rotatable bonds is 14. The van der Waals surface area contributed by atoms with Crippen LogP contribution in [-0.4, -0.2) is 22.2 Å². The van der Waals surface area contributed by atoms with E-state index in [4.69, 9.17) is 9.47 Å². The molecule has 12 heteroatoms. The molecule has 0 bridgehead atoms. The molecule has 2 N–H and O–H groups in total. The number of carbonyl (C=O) groups excluding carboxylic acids is 1. The molecule has 5 aromatic carbocycles. The third-order valence-electron chi connectivity index (χ3n) is 9.09. The lowest BCUT2D eigenvalue weighted by atomic mass is 9.96. The van der Waals surface area contributed by atoms with E-state index in [1.807, 2.05) is 91.0 Å². The molecule has 1 amide bonds. The molecule has 1 aromatic heterocycles. The number of hydrogen-bond acceptors (Lipinski definition) is 6. The Hall–Kier alpha value is -5.65. The fraction of sp³-hybridized carbons (Fsp3) is 0.186. The zero-order valence-electron chi connectivity index (χ0n) is 29.4. The lowest BCUT2D eigenvalue weighted by molar-refractivity contribution is -0.142. The largest absolute Gasteiger partial charge is 0.489 e. The summed E-state index contributed by atoms with van der Waals surface area (Å²) in [6.45, 7) is 1.46. The molecule has 1 heterocycles. The minimum atomic E-state index is -4.82. The molecule has 1 aliphatic rings. The van der Waals surface area contributed by atoms with Crippen LogP contribution in [0.5, 0.6) is 11.5 Å². The van der Waals surface area contributed by atoms with E-state index in [9.17, 15) is 23.2 Å². The van der Waals surface area contributed by atoms with Crippen LogP contribution in [0.4, 0.5) is 18.9 Å². The minimum absolute atomic E-state index is 0.146. The SMILES string of the molecule is N#Cc1cccc(-n2nc(C(F)(F)F)c(I)c2C(=O)Nc2cccc(C(NCC3CC3)c3cc(OCc4ccccc4)ccc3OCc3ccccc3)c2)c1. The van der Waals surface area contributed by atoms with Crippen LogP contribution in [-0.2, 0) is 19.4 Å². The van der Waals surface area contributed by atoms with Gasteiger partial charge in [-0.1, -0.05) is 78.9 Å². The van der Waals surface area contributed by atoms with E-state index in [-0.39, 0.29) is 20.5 Å². The standard InChI is InChI=1S/C43H35F3IN5O3/c44-43(45,46)41-38(47)40(52(51-41)34-16-7-13-31(21-34)24-48)42(53)50-33-15-8-14-32(22-33)39(49-25-28-17-18-28)36-23-35(54-26-29-9-3-1-4-10-29)19-20-37(36)55-27-30-11-5-2-6-12-30/h1-16,19-23,28,39,49H,17-18,25-27H2,(H,50,53). The molecule has 0 radical (unpaired) electrons. The third kappa shape index (κ3) is 9.36. The molecule has 55 heavy (non-hydrogen) atoms. The third-order valence-corrected chi connectivity index (χ3v) is 10.1. The summed E-state index contributed by atoms with van der Waals surface area (Å²) in [6.07, 6.45) is -2.57. The molecule has 0 saturated heterocycles. The molecule has 1 fully saturated rings. The van der Waals surface area contributed by atoms with Crippen molar-refractivity contribution in [3.05, 3.63) is 170 Å². The number of amides is 1. The van der Waals surface area contributed by atoms with Crippen molar-refractivity contribution in [2.24, 2.45) is 5.92 Å². The predicted molar refractivity (Wildman–Crippen MR) is 211 cm³/mol. The number of carbonyl (C=O) groups is 1. The molecule has 1 atom stereocenters. The number of nitriles is 1. The molecule has 1 unspecified atom stereocenters. The second kappa shape index (κ2) is 16.8. The topological polar surface area (TPSA) is 101 Å². The summed E-state index contributed by atoms with van der Waals surface area (Å²) in [5.74, 6) is 1.03. The van der Waals surface area contributed by atoms with Crippen LogP contribution in [0.2, 0.25) is 0 Å². The van der Waals surface area contributed by atoms with Crippen molar-refractivity contribution in [1.29, 1.82) is 5.26 Å². The van der Waals surface area contributed by atoms with Gasteiger partial charge in [0, 0.05) is 11.3 Å². The van der Waals surface area contributed by atoms with Gasteiger partial charge in [0.2, 0.25) is 0 Å². The highest BCUT2D eigenvalue weighted by Gasteiger charge is 2.40.